The summed E-state index contributed by atoms with van der Waals surface area (Å²) in [7, 11) is 0. The number of fused-ring (bicyclic) bond motifs is 1. The highest BCUT2D eigenvalue weighted by Crippen LogP contribution is 2.31. The first kappa shape index (κ1) is 14.0. The highest BCUT2D eigenvalue weighted by Gasteiger charge is 2.19. The molecule has 0 aliphatic rings. The summed E-state index contributed by atoms with van der Waals surface area (Å²) in [6.45, 7) is 8.19. The number of carbonyl (C=O) groups is 1. The van der Waals surface area contributed by atoms with Gasteiger partial charge in [-0.3, -0.25) is 4.79 Å². The normalized spacial score (nSPS) is 13.7. The summed E-state index contributed by atoms with van der Waals surface area (Å²) in [5.41, 5.74) is 2.12. The molecule has 2 aromatic rings. The molecule has 2 rings (SSSR count). The minimum atomic E-state index is -0.750. The number of thiazole rings is 1. The number of hydrogen-bond donors (Lipinski definition) is 1. The fourth-order valence-corrected chi connectivity index (χ4v) is 2.94. The molecule has 0 aliphatic heterocycles. The zero-order valence-corrected chi connectivity index (χ0v) is 12.5. The Morgan fingerprint density at radius 3 is 2.68 bits per heavy atom. The molecule has 0 amide bonds. The zero-order valence-electron chi connectivity index (χ0n) is 11.7. The molecular weight excluding hydrogens is 258 g/mol. The molecule has 1 atom stereocenters. The molecule has 1 unspecified atom stereocenters. The van der Waals surface area contributed by atoms with Crippen LogP contribution in [0.25, 0.3) is 10.2 Å². The van der Waals surface area contributed by atoms with E-state index in [-0.39, 0.29) is 11.3 Å². The predicted molar refractivity (Wildman–Crippen MR) is 78.8 cm³/mol. The largest absolute Gasteiger partial charge is 0.481 e. The van der Waals surface area contributed by atoms with E-state index in [1.165, 1.54) is 0 Å². The van der Waals surface area contributed by atoms with Crippen LogP contribution in [0.5, 0.6) is 0 Å². The van der Waals surface area contributed by atoms with Gasteiger partial charge in [-0.2, -0.15) is 0 Å². The predicted octanol–water partition coefficient (Wildman–Crippen LogP) is 3.86. The maximum atomic E-state index is 10.9. The van der Waals surface area contributed by atoms with Crippen LogP contribution >= 0.6 is 11.3 Å². The van der Waals surface area contributed by atoms with Crippen LogP contribution < -0.4 is 0 Å². The van der Waals surface area contributed by atoms with E-state index < -0.39 is 5.97 Å². The quantitative estimate of drug-likeness (QED) is 0.927. The molecule has 0 saturated carbocycles. The molecule has 19 heavy (non-hydrogen) atoms. The summed E-state index contributed by atoms with van der Waals surface area (Å²) in [5, 5.41) is 10.1. The van der Waals surface area contributed by atoms with E-state index in [0.717, 1.165) is 20.8 Å². The van der Waals surface area contributed by atoms with Crippen LogP contribution in [0, 0.1) is 5.92 Å². The molecular formula is C15H19NO2S. The Bertz CT molecular complexity index is 610. The average Bonchev–Trinajstić information content (AvgIpc) is 2.71. The summed E-state index contributed by atoms with van der Waals surface area (Å²) in [4.78, 5) is 15.5. The molecule has 0 radical (unpaired) electrons. The summed E-state index contributed by atoms with van der Waals surface area (Å²) < 4.78 is 1.14. The second-order valence-electron chi connectivity index (χ2n) is 6.01. The lowest BCUT2D eigenvalue weighted by Gasteiger charge is -2.13. The number of aliphatic carboxylic acids is 1. The van der Waals surface area contributed by atoms with Gasteiger partial charge < -0.3 is 5.11 Å². The van der Waals surface area contributed by atoms with Crippen molar-refractivity contribution in [1.82, 2.24) is 4.98 Å². The fraction of sp³-hybridized carbons (Fsp3) is 0.467. The third-order valence-corrected chi connectivity index (χ3v) is 4.50. The number of benzene rings is 1. The van der Waals surface area contributed by atoms with Crippen LogP contribution in [0.1, 0.15) is 38.3 Å². The fourth-order valence-electron chi connectivity index (χ4n) is 1.86. The molecule has 1 aromatic heterocycles. The van der Waals surface area contributed by atoms with Gasteiger partial charge in [0.1, 0.15) is 0 Å². The van der Waals surface area contributed by atoms with E-state index in [1.54, 1.807) is 18.3 Å². The molecule has 3 nitrogen and oxygen atoms in total. The molecule has 4 heteroatoms. The Morgan fingerprint density at radius 2 is 2.11 bits per heavy atom. The Labute approximate surface area is 117 Å². The van der Waals surface area contributed by atoms with E-state index in [1.807, 2.05) is 12.1 Å². The minimum Gasteiger partial charge on any atom is -0.481 e. The summed E-state index contributed by atoms with van der Waals surface area (Å²) in [6.07, 6.45) is 0.564. The van der Waals surface area contributed by atoms with Crippen molar-refractivity contribution in [2.24, 2.45) is 5.92 Å². The number of rotatable bonds is 3. The summed E-state index contributed by atoms with van der Waals surface area (Å²) >= 11 is 1.70. The van der Waals surface area contributed by atoms with Crippen molar-refractivity contribution in [3.05, 3.63) is 28.8 Å². The zero-order chi connectivity index (χ0) is 14.2. The van der Waals surface area contributed by atoms with Crippen molar-refractivity contribution in [3.63, 3.8) is 0 Å². The number of hydrogen-bond acceptors (Lipinski definition) is 3. The van der Waals surface area contributed by atoms with Gasteiger partial charge in [-0.1, -0.05) is 33.8 Å². The number of nitrogens with zero attached hydrogens (tertiary/aromatic N) is 1. The third-order valence-electron chi connectivity index (χ3n) is 3.06. The first-order chi connectivity index (χ1) is 8.77. The molecule has 0 spiro atoms. The van der Waals surface area contributed by atoms with Gasteiger partial charge in [0.2, 0.25) is 0 Å². The topological polar surface area (TPSA) is 50.2 Å². The van der Waals surface area contributed by atoms with Crippen LogP contribution in [0.3, 0.4) is 0 Å². The Morgan fingerprint density at radius 1 is 1.42 bits per heavy atom. The summed E-state index contributed by atoms with van der Waals surface area (Å²) in [5.74, 6) is -1.10. The van der Waals surface area contributed by atoms with E-state index in [4.69, 9.17) is 5.11 Å². The number of carboxylic acid groups (broad SMARTS) is 1. The van der Waals surface area contributed by atoms with Gasteiger partial charge >= 0.3 is 5.97 Å². The number of carboxylic acids is 1. The first-order valence-corrected chi connectivity index (χ1v) is 7.22. The molecule has 0 saturated heterocycles. The van der Waals surface area contributed by atoms with Crippen molar-refractivity contribution < 1.29 is 9.90 Å². The molecule has 0 aliphatic carbocycles. The first-order valence-electron chi connectivity index (χ1n) is 6.40. The van der Waals surface area contributed by atoms with Crippen LogP contribution in [0.2, 0.25) is 0 Å². The third kappa shape index (κ3) is 3.13. The molecule has 1 heterocycles. The van der Waals surface area contributed by atoms with Crippen molar-refractivity contribution in [3.8, 4) is 0 Å². The van der Waals surface area contributed by atoms with Crippen LogP contribution in [-0.2, 0) is 16.6 Å². The van der Waals surface area contributed by atoms with Crippen LogP contribution in [-0.4, -0.2) is 16.1 Å². The van der Waals surface area contributed by atoms with Crippen molar-refractivity contribution in [2.75, 3.05) is 0 Å². The monoisotopic (exact) mass is 277 g/mol. The Balaban J connectivity index is 2.33. The smallest absolute Gasteiger partial charge is 0.306 e. The van der Waals surface area contributed by atoms with Gasteiger partial charge in [-0.05, 0) is 24.1 Å². The lowest BCUT2D eigenvalue weighted by atomic mass is 9.98. The molecule has 0 bridgehead atoms. The van der Waals surface area contributed by atoms with Gasteiger partial charge in [-0.15, -0.1) is 11.3 Å². The standard InChI is InChI=1S/C15H19NO2S/c1-9(13(17)18)7-10-5-6-11-12(8-10)19-14(16-11)15(2,3)4/h5-6,8-9H,7H2,1-4H3,(H,17,18). The molecule has 1 N–H and O–H groups in total. The minimum absolute atomic E-state index is 0.0538. The molecule has 0 fully saturated rings. The van der Waals surface area contributed by atoms with Crippen LogP contribution in [0.4, 0.5) is 0 Å². The molecule has 102 valence electrons. The Hall–Kier alpha value is -1.42. The second kappa shape index (κ2) is 4.93. The van der Waals surface area contributed by atoms with Crippen molar-refractivity contribution in [1.29, 1.82) is 0 Å². The summed E-state index contributed by atoms with van der Waals surface area (Å²) in [6, 6.07) is 6.04. The Kier molecular flexibility index (Phi) is 3.63. The maximum absolute atomic E-state index is 10.9. The lowest BCUT2D eigenvalue weighted by Crippen LogP contribution is -2.12. The van der Waals surface area contributed by atoms with Gasteiger partial charge in [0.05, 0.1) is 21.1 Å². The second-order valence-corrected chi connectivity index (χ2v) is 7.05. The SMILES string of the molecule is CC(Cc1ccc2nc(C(C)(C)C)sc2c1)C(=O)O. The van der Waals surface area contributed by atoms with E-state index in [2.05, 4.69) is 31.8 Å². The van der Waals surface area contributed by atoms with E-state index in [0.29, 0.717) is 6.42 Å². The van der Waals surface area contributed by atoms with E-state index in [9.17, 15) is 4.79 Å². The van der Waals surface area contributed by atoms with Crippen molar-refractivity contribution >= 4 is 27.5 Å². The van der Waals surface area contributed by atoms with E-state index >= 15 is 0 Å². The number of aromatic nitrogens is 1. The van der Waals surface area contributed by atoms with Gasteiger partial charge in [-0.25, -0.2) is 4.98 Å². The average molecular weight is 277 g/mol. The van der Waals surface area contributed by atoms with Gasteiger partial charge in [0, 0.05) is 5.41 Å². The van der Waals surface area contributed by atoms with Crippen molar-refractivity contribution in [2.45, 2.75) is 39.5 Å². The van der Waals surface area contributed by atoms with Gasteiger partial charge in [0.25, 0.3) is 0 Å². The lowest BCUT2D eigenvalue weighted by molar-refractivity contribution is -0.141. The molecule has 1 aromatic carbocycles. The maximum Gasteiger partial charge on any atom is 0.306 e. The highest BCUT2D eigenvalue weighted by molar-refractivity contribution is 7.18. The van der Waals surface area contributed by atoms with Crippen LogP contribution in [0.15, 0.2) is 18.2 Å². The van der Waals surface area contributed by atoms with Gasteiger partial charge in [0.15, 0.2) is 0 Å². The highest BCUT2D eigenvalue weighted by atomic mass is 32.1.